The molecule has 2 aromatic rings. The van der Waals surface area contributed by atoms with Crippen molar-refractivity contribution in [2.24, 2.45) is 5.73 Å². The number of nitrogen functional groups attached to an aromatic ring is 1. The van der Waals surface area contributed by atoms with Crippen molar-refractivity contribution in [2.45, 2.75) is 19.9 Å². The van der Waals surface area contributed by atoms with Crippen LogP contribution in [0.4, 0.5) is 5.69 Å². The van der Waals surface area contributed by atoms with Gasteiger partial charge in [-0.15, -0.1) is 11.3 Å². The van der Waals surface area contributed by atoms with Gasteiger partial charge in [-0.05, 0) is 30.7 Å². The highest BCUT2D eigenvalue weighted by molar-refractivity contribution is 7.12. The van der Waals surface area contributed by atoms with E-state index in [1.165, 1.54) is 9.75 Å². The van der Waals surface area contributed by atoms with Crippen molar-refractivity contribution in [1.29, 1.82) is 5.41 Å². The molecule has 1 aromatic carbocycles. The molecule has 0 saturated heterocycles. The fourth-order valence-electron chi connectivity index (χ4n) is 2.05. The van der Waals surface area contributed by atoms with Crippen molar-refractivity contribution in [2.75, 3.05) is 11.9 Å². The molecule has 0 aliphatic heterocycles. The first-order valence-corrected chi connectivity index (χ1v) is 7.15. The van der Waals surface area contributed by atoms with E-state index in [0.717, 1.165) is 24.2 Å². The number of hydrogen-bond donors (Lipinski definition) is 2. The zero-order valence-corrected chi connectivity index (χ0v) is 12.1. The fraction of sp³-hybridized carbons (Fsp3) is 0.267. The van der Waals surface area contributed by atoms with E-state index in [9.17, 15) is 0 Å². The molecule has 0 atom stereocenters. The maximum Gasteiger partial charge on any atom is 0.124 e. The van der Waals surface area contributed by atoms with E-state index in [1.54, 1.807) is 0 Å². The van der Waals surface area contributed by atoms with Crippen LogP contribution in [0.25, 0.3) is 0 Å². The highest BCUT2D eigenvalue weighted by Gasteiger charge is 2.10. The highest BCUT2D eigenvalue weighted by atomic mass is 32.1. The molecular weight excluding hydrogens is 254 g/mol. The van der Waals surface area contributed by atoms with E-state index in [1.807, 2.05) is 42.6 Å². The second-order valence-corrected chi connectivity index (χ2v) is 5.76. The molecule has 0 spiro atoms. The Hall–Kier alpha value is -1.81. The Labute approximate surface area is 118 Å². The van der Waals surface area contributed by atoms with Gasteiger partial charge >= 0.3 is 0 Å². The van der Waals surface area contributed by atoms with Crippen LogP contribution in [-0.4, -0.2) is 12.9 Å². The molecular formula is C15H19N3S. The Morgan fingerprint density at radius 1 is 1.21 bits per heavy atom. The number of thiophene rings is 1. The zero-order chi connectivity index (χ0) is 13.8. The van der Waals surface area contributed by atoms with Gasteiger partial charge in [0.05, 0.1) is 6.54 Å². The van der Waals surface area contributed by atoms with Gasteiger partial charge in [0.15, 0.2) is 0 Å². The molecule has 0 fully saturated rings. The number of nitrogens with one attached hydrogen (secondary N) is 1. The summed E-state index contributed by atoms with van der Waals surface area (Å²) >= 11 is 1.84. The van der Waals surface area contributed by atoms with Crippen LogP contribution in [0.2, 0.25) is 0 Å². The summed E-state index contributed by atoms with van der Waals surface area (Å²) in [6.07, 6.45) is 1.08. The molecule has 3 N–H and O–H groups in total. The molecule has 0 bridgehead atoms. The van der Waals surface area contributed by atoms with E-state index in [-0.39, 0.29) is 5.84 Å². The van der Waals surface area contributed by atoms with Gasteiger partial charge in [-0.25, -0.2) is 0 Å². The summed E-state index contributed by atoms with van der Waals surface area (Å²) < 4.78 is 0. The van der Waals surface area contributed by atoms with Crippen molar-refractivity contribution in [3.8, 4) is 0 Å². The second-order valence-electron chi connectivity index (χ2n) is 4.51. The number of benzene rings is 1. The monoisotopic (exact) mass is 273 g/mol. The van der Waals surface area contributed by atoms with Crippen LogP contribution in [0, 0.1) is 5.41 Å². The van der Waals surface area contributed by atoms with Crippen LogP contribution in [-0.2, 0) is 13.0 Å². The quantitative estimate of drug-likeness (QED) is 0.649. The first-order chi connectivity index (χ1) is 9.11. The van der Waals surface area contributed by atoms with Gasteiger partial charge < -0.3 is 10.6 Å². The molecule has 0 unspecified atom stereocenters. The van der Waals surface area contributed by atoms with Crippen molar-refractivity contribution < 1.29 is 0 Å². The van der Waals surface area contributed by atoms with Crippen molar-refractivity contribution in [1.82, 2.24) is 0 Å². The van der Waals surface area contributed by atoms with Crippen LogP contribution in [0.3, 0.4) is 0 Å². The predicted molar refractivity (Wildman–Crippen MR) is 83.3 cm³/mol. The number of rotatable bonds is 5. The van der Waals surface area contributed by atoms with E-state index in [0.29, 0.717) is 0 Å². The summed E-state index contributed by atoms with van der Waals surface area (Å²) in [5.41, 5.74) is 7.42. The topological polar surface area (TPSA) is 53.1 Å². The molecule has 0 aliphatic carbocycles. The normalized spacial score (nSPS) is 10.4. The third-order valence-electron chi connectivity index (χ3n) is 3.06. The number of para-hydroxylation sites is 1. The minimum Gasteiger partial charge on any atom is -0.384 e. The third kappa shape index (κ3) is 3.15. The smallest absolute Gasteiger partial charge is 0.124 e. The van der Waals surface area contributed by atoms with Crippen LogP contribution in [0.15, 0.2) is 36.4 Å². The first kappa shape index (κ1) is 13.6. The maximum atomic E-state index is 7.64. The van der Waals surface area contributed by atoms with E-state index < -0.39 is 0 Å². The lowest BCUT2D eigenvalue weighted by Gasteiger charge is -2.21. The lowest BCUT2D eigenvalue weighted by molar-refractivity contribution is 0.938. The SMILES string of the molecule is CCc1ccc(CN(C)c2ccccc2C(=N)N)s1. The van der Waals surface area contributed by atoms with E-state index in [2.05, 4.69) is 24.0 Å². The third-order valence-corrected chi connectivity index (χ3v) is 4.28. The molecule has 0 radical (unpaired) electrons. The summed E-state index contributed by atoms with van der Waals surface area (Å²) in [6.45, 7) is 3.01. The van der Waals surface area contributed by atoms with Crippen molar-refractivity contribution in [3.63, 3.8) is 0 Å². The van der Waals surface area contributed by atoms with E-state index >= 15 is 0 Å². The molecule has 0 amide bonds. The second kappa shape index (κ2) is 5.89. The Morgan fingerprint density at radius 3 is 2.53 bits per heavy atom. The summed E-state index contributed by atoms with van der Waals surface area (Å²) in [6, 6.07) is 12.1. The standard InChI is InChI=1S/C15H19N3S/c1-3-11-8-9-12(19-11)10-18(2)14-7-5-4-6-13(14)15(16)17/h4-9H,3,10H2,1-2H3,(H3,16,17). The summed E-state index contributed by atoms with van der Waals surface area (Å²) in [5.74, 6) is 0.114. The summed E-state index contributed by atoms with van der Waals surface area (Å²) in [4.78, 5) is 4.88. The van der Waals surface area contributed by atoms with Gasteiger partial charge in [0.1, 0.15) is 5.84 Å². The van der Waals surface area contributed by atoms with Gasteiger partial charge in [0.25, 0.3) is 0 Å². The van der Waals surface area contributed by atoms with Gasteiger partial charge in [-0.1, -0.05) is 19.1 Å². The number of nitrogens with zero attached hydrogens (tertiary/aromatic N) is 1. The van der Waals surface area contributed by atoms with Gasteiger partial charge in [0.2, 0.25) is 0 Å². The van der Waals surface area contributed by atoms with Crippen LogP contribution < -0.4 is 10.6 Å². The molecule has 4 heteroatoms. The Balaban J connectivity index is 2.20. The number of aryl methyl sites for hydroxylation is 1. The van der Waals surface area contributed by atoms with Crippen LogP contribution >= 0.6 is 11.3 Å². The lowest BCUT2D eigenvalue weighted by Crippen LogP contribution is -2.21. The number of nitrogens with two attached hydrogens (primary N) is 1. The largest absolute Gasteiger partial charge is 0.384 e. The Morgan fingerprint density at radius 2 is 1.89 bits per heavy atom. The molecule has 19 heavy (non-hydrogen) atoms. The maximum absolute atomic E-state index is 7.64. The molecule has 1 aromatic heterocycles. The molecule has 1 heterocycles. The highest BCUT2D eigenvalue weighted by Crippen LogP contribution is 2.24. The summed E-state index contributed by atoms with van der Waals surface area (Å²) in [7, 11) is 2.03. The minimum absolute atomic E-state index is 0.114. The van der Waals surface area contributed by atoms with Crippen molar-refractivity contribution in [3.05, 3.63) is 51.7 Å². The number of amidine groups is 1. The average Bonchev–Trinajstić information content (AvgIpc) is 2.86. The van der Waals surface area contributed by atoms with Crippen LogP contribution in [0.1, 0.15) is 22.2 Å². The molecule has 3 nitrogen and oxygen atoms in total. The average molecular weight is 273 g/mol. The molecule has 0 aliphatic rings. The number of hydrogen-bond acceptors (Lipinski definition) is 3. The zero-order valence-electron chi connectivity index (χ0n) is 11.3. The molecule has 0 saturated carbocycles. The van der Waals surface area contributed by atoms with Gasteiger partial charge in [-0.3, -0.25) is 5.41 Å². The first-order valence-electron chi connectivity index (χ1n) is 6.34. The number of anilines is 1. The van der Waals surface area contributed by atoms with E-state index in [4.69, 9.17) is 11.1 Å². The van der Waals surface area contributed by atoms with Gasteiger partial charge in [0, 0.05) is 28.1 Å². The van der Waals surface area contributed by atoms with Crippen molar-refractivity contribution >= 4 is 22.9 Å². The minimum atomic E-state index is 0.114. The fourth-order valence-corrected chi connectivity index (χ4v) is 3.06. The molecule has 100 valence electrons. The molecule has 2 rings (SSSR count). The Bertz CT molecular complexity index is 574. The lowest BCUT2D eigenvalue weighted by atomic mass is 10.1. The predicted octanol–water partition coefficient (Wildman–Crippen LogP) is 3.23. The summed E-state index contributed by atoms with van der Waals surface area (Å²) in [5, 5.41) is 7.64. The van der Waals surface area contributed by atoms with Crippen LogP contribution in [0.5, 0.6) is 0 Å². The van der Waals surface area contributed by atoms with Gasteiger partial charge in [-0.2, -0.15) is 0 Å². The Kier molecular flexibility index (Phi) is 4.22.